The lowest BCUT2D eigenvalue weighted by Gasteiger charge is -2.26. The number of carbonyl (C=O) groups is 1. The van der Waals surface area contributed by atoms with Crippen LogP contribution < -0.4 is 0 Å². The lowest BCUT2D eigenvalue weighted by Crippen LogP contribution is -2.29. The van der Waals surface area contributed by atoms with Gasteiger partial charge in [-0.15, -0.1) is 0 Å². The molecule has 0 aromatic carbocycles. The lowest BCUT2D eigenvalue weighted by atomic mass is 9.94. The van der Waals surface area contributed by atoms with E-state index in [1.165, 1.54) is 12.8 Å². The molecule has 1 aliphatic carbocycles. The second kappa shape index (κ2) is 2.36. The maximum absolute atomic E-state index is 11.0. The minimum absolute atomic E-state index is 0.173. The van der Waals surface area contributed by atoms with Crippen LogP contribution >= 0.6 is 0 Å². The van der Waals surface area contributed by atoms with E-state index in [1.807, 2.05) is 0 Å². The van der Waals surface area contributed by atoms with Crippen LogP contribution in [0.5, 0.6) is 0 Å². The van der Waals surface area contributed by atoms with Crippen LogP contribution in [0.25, 0.3) is 0 Å². The number of fused-ring (bicyclic) bond motifs is 1. The molecular formula is C9H12O2. The average Bonchev–Trinajstić information content (AvgIpc) is 2.36. The highest BCUT2D eigenvalue weighted by molar-refractivity contribution is 5.88. The number of carbonyl (C=O) groups excluding carboxylic acids is 1. The van der Waals surface area contributed by atoms with Gasteiger partial charge in [-0.05, 0) is 25.7 Å². The smallest absolute Gasteiger partial charge is 0.333 e. The van der Waals surface area contributed by atoms with Gasteiger partial charge in [0.2, 0.25) is 0 Å². The summed E-state index contributed by atoms with van der Waals surface area (Å²) in [4.78, 5) is 11.0. The van der Waals surface area contributed by atoms with Gasteiger partial charge >= 0.3 is 5.97 Å². The summed E-state index contributed by atoms with van der Waals surface area (Å²) in [6.07, 6.45) is 4.55. The van der Waals surface area contributed by atoms with Gasteiger partial charge in [0, 0.05) is 11.5 Å². The van der Waals surface area contributed by atoms with Crippen molar-refractivity contribution in [3.8, 4) is 0 Å². The van der Waals surface area contributed by atoms with Crippen molar-refractivity contribution in [1.82, 2.24) is 0 Å². The fourth-order valence-corrected chi connectivity index (χ4v) is 2.01. The van der Waals surface area contributed by atoms with Crippen LogP contribution in [0.1, 0.15) is 25.7 Å². The van der Waals surface area contributed by atoms with E-state index in [-0.39, 0.29) is 12.1 Å². The Morgan fingerprint density at radius 3 is 3.09 bits per heavy atom. The van der Waals surface area contributed by atoms with E-state index in [4.69, 9.17) is 4.74 Å². The average molecular weight is 152 g/mol. The highest BCUT2D eigenvalue weighted by Gasteiger charge is 2.36. The molecule has 0 bridgehead atoms. The first-order valence-electron chi connectivity index (χ1n) is 4.16. The Labute approximate surface area is 66.2 Å². The van der Waals surface area contributed by atoms with Crippen LogP contribution in [0.4, 0.5) is 0 Å². The third-order valence-corrected chi connectivity index (χ3v) is 2.65. The molecule has 0 spiro atoms. The van der Waals surface area contributed by atoms with Crippen LogP contribution in [0.3, 0.4) is 0 Å². The van der Waals surface area contributed by atoms with Crippen molar-refractivity contribution in [3.63, 3.8) is 0 Å². The second-order valence-corrected chi connectivity index (χ2v) is 3.44. The molecule has 0 amide bonds. The molecule has 60 valence electrons. The molecule has 2 heteroatoms. The number of esters is 1. The minimum Gasteiger partial charge on any atom is -0.459 e. The summed E-state index contributed by atoms with van der Waals surface area (Å²) in [5.74, 6) is 0.411. The van der Waals surface area contributed by atoms with Crippen LogP contribution in [-0.4, -0.2) is 12.1 Å². The fourth-order valence-electron chi connectivity index (χ4n) is 2.01. The van der Waals surface area contributed by atoms with Gasteiger partial charge in [0.05, 0.1) is 0 Å². The van der Waals surface area contributed by atoms with Gasteiger partial charge in [0.25, 0.3) is 0 Å². The quantitative estimate of drug-likeness (QED) is 0.390. The maximum atomic E-state index is 11.0. The van der Waals surface area contributed by atoms with E-state index in [2.05, 4.69) is 6.58 Å². The molecule has 1 aliphatic heterocycles. The zero-order chi connectivity index (χ0) is 7.84. The van der Waals surface area contributed by atoms with Gasteiger partial charge in [-0.3, -0.25) is 0 Å². The Morgan fingerprint density at radius 1 is 1.45 bits per heavy atom. The molecular weight excluding hydrogens is 140 g/mol. The molecule has 0 aromatic rings. The van der Waals surface area contributed by atoms with Crippen molar-refractivity contribution in [2.75, 3.05) is 0 Å². The molecule has 0 N–H and O–H groups in total. The van der Waals surface area contributed by atoms with Crippen LogP contribution in [-0.2, 0) is 9.53 Å². The predicted molar refractivity (Wildman–Crippen MR) is 41.0 cm³/mol. The Hall–Kier alpha value is -0.790. The number of hydrogen-bond acceptors (Lipinski definition) is 2. The second-order valence-electron chi connectivity index (χ2n) is 3.44. The zero-order valence-electron chi connectivity index (χ0n) is 6.51. The Bertz CT molecular complexity index is 186. The van der Waals surface area contributed by atoms with E-state index in [0.29, 0.717) is 11.5 Å². The SMILES string of the molecule is C=C1CC2CCCC2OC1=O. The van der Waals surface area contributed by atoms with Crippen LogP contribution in [0.2, 0.25) is 0 Å². The molecule has 2 fully saturated rings. The summed E-state index contributed by atoms with van der Waals surface area (Å²) in [7, 11) is 0. The number of ether oxygens (including phenoxy) is 1. The van der Waals surface area contributed by atoms with Crippen LogP contribution in [0, 0.1) is 5.92 Å². The minimum atomic E-state index is -0.173. The molecule has 2 nitrogen and oxygen atoms in total. The van der Waals surface area contributed by atoms with Crippen molar-refractivity contribution in [1.29, 1.82) is 0 Å². The van der Waals surface area contributed by atoms with E-state index in [0.717, 1.165) is 12.8 Å². The Kier molecular flexibility index (Phi) is 1.48. The first kappa shape index (κ1) is 6.89. The largest absolute Gasteiger partial charge is 0.459 e. The van der Waals surface area contributed by atoms with Gasteiger partial charge < -0.3 is 4.74 Å². The van der Waals surface area contributed by atoms with Gasteiger partial charge in [-0.1, -0.05) is 6.58 Å². The molecule has 1 heterocycles. The molecule has 2 aliphatic rings. The summed E-state index contributed by atoms with van der Waals surface area (Å²) >= 11 is 0. The van der Waals surface area contributed by atoms with Gasteiger partial charge in [0.1, 0.15) is 6.10 Å². The third kappa shape index (κ3) is 1.06. The molecule has 1 saturated heterocycles. The van der Waals surface area contributed by atoms with Crippen LogP contribution in [0.15, 0.2) is 12.2 Å². The summed E-state index contributed by atoms with van der Waals surface area (Å²) in [5, 5.41) is 0. The van der Waals surface area contributed by atoms with Crippen molar-refractivity contribution in [3.05, 3.63) is 12.2 Å². The van der Waals surface area contributed by atoms with Crippen molar-refractivity contribution >= 4 is 5.97 Å². The molecule has 11 heavy (non-hydrogen) atoms. The highest BCUT2D eigenvalue weighted by Crippen LogP contribution is 2.36. The lowest BCUT2D eigenvalue weighted by molar-refractivity contribution is -0.149. The summed E-state index contributed by atoms with van der Waals surface area (Å²) < 4.78 is 5.18. The van der Waals surface area contributed by atoms with Gasteiger partial charge in [-0.25, -0.2) is 4.79 Å². The topological polar surface area (TPSA) is 26.3 Å². The van der Waals surface area contributed by atoms with Crippen molar-refractivity contribution in [2.24, 2.45) is 5.92 Å². The normalized spacial score (nSPS) is 36.7. The first-order valence-corrected chi connectivity index (χ1v) is 4.16. The van der Waals surface area contributed by atoms with Gasteiger partial charge in [-0.2, -0.15) is 0 Å². The third-order valence-electron chi connectivity index (χ3n) is 2.65. The molecule has 2 atom stereocenters. The standard InChI is InChI=1S/C9H12O2/c1-6-5-7-3-2-4-8(7)11-9(6)10/h7-8H,1-5H2. The van der Waals surface area contributed by atoms with E-state index in [1.54, 1.807) is 0 Å². The monoisotopic (exact) mass is 152 g/mol. The summed E-state index contributed by atoms with van der Waals surface area (Å²) in [5.41, 5.74) is 0.660. The molecule has 2 unspecified atom stereocenters. The fraction of sp³-hybridized carbons (Fsp3) is 0.667. The van der Waals surface area contributed by atoms with E-state index >= 15 is 0 Å². The Morgan fingerprint density at radius 2 is 2.27 bits per heavy atom. The van der Waals surface area contributed by atoms with Gasteiger partial charge in [0.15, 0.2) is 0 Å². The molecule has 1 saturated carbocycles. The number of rotatable bonds is 0. The zero-order valence-corrected chi connectivity index (χ0v) is 6.51. The maximum Gasteiger partial charge on any atom is 0.333 e. The van der Waals surface area contributed by atoms with Crippen molar-refractivity contribution < 1.29 is 9.53 Å². The number of hydrogen-bond donors (Lipinski definition) is 0. The van der Waals surface area contributed by atoms with Crippen molar-refractivity contribution in [2.45, 2.75) is 31.8 Å². The van der Waals surface area contributed by atoms with E-state index < -0.39 is 0 Å². The predicted octanol–water partition coefficient (Wildman–Crippen LogP) is 1.66. The van der Waals surface area contributed by atoms with E-state index in [9.17, 15) is 4.79 Å². The Balaban J connectivity index is 2.12. The summed E-state index contributed by atoms with van der Waals surface area (Å²) in [6, 6.07) is 0. The summed E-state index contributed by atoms with van der Waals surface area (Å²) in [6.45, 7) is 3.68. The molecule has 2 rings (SSSR count). The first-order chi connectivity index (χ1) is 5.27. The molecule has 0 radical (unpaired) electrons. The molecule has 0 aromatic heterocycles. The highest BCUT2D eigenvalue weighted by atomic mass is 16.5.